The molecule has 1 fully saturated rings. The zero-order valence-electron chi connectivity index (χ0n) is 17.8. The van der Waals surface area contributed by atoms with E-state index >= 15 is 0 Å². The SMILES string of the molecule is Cc1ccc(S(=O)(=O)NCC2CCC(C(=O)NNC(=O)c3ccc[n+](C)c3)CC2)cc1. The van der Waals surface area contributed by atoms with Crippen LogP contribution in [0.25, 0.3) is 0 Å². The molecule has 0 atom stereocenters. The standard InChI is InChI=1S/C22H28N4O4S/c1-16-5-11-20(12-6-16)31(29,30)23-14-17-7-9-18(10-8-17)21(27)24-25-22(28)19-4-3-13-26(2)15-19/h3-6,11-13,15,17-18,23H,7-10,14H2,1-2H3,(H-,24,25,27,28)/p+1. The molecule has 3 N–H and O–H groups in total. The Morgan fingerprint density at radius 1 is 1.03 bits per heavy atom. The van der Waals surface area contributed by atoms with Gasteiger partial charge in [0, 0.05) is 18.5 Å². The maximum absolute atomic E-state index is 12.4. The van der Waals surface area contributed by atoms with Crippen LogP contribution in [-0.2, 0) is 21.9 Å². The van der Waals surface area contributed by atoms with Gasteiger partial charge in [-0.15, -0.1) is 0 Å². The lowest BCUT2D eigenvalue weighted by Gasteiger charge is -2.27. The van der Waals surface area contributed by atoms with Gasteiger partial charge in [0.15, 0.2) is 12.4 Å². The quantitative estimate of drug-likeness (QED) is 0.461. The third-order valence-corrected chi connectivity index (χ3v) is 7.05. The van der Waals surface area contributed by atoms with Crippen molar-refractivity contribution in [2.24, 2.45) is 18.9 Å². The maximum atomic E-state index is 12.4. The van der Waals surface area contributed by atoms with E-state index in [-0.39, 0.29) is 28.5 Å². The van der Waals surface area contributed by atoms with Gasteiger partial charge < -0.3 is 0 Å². The van der Waals surface area contributed by atoms with Crippen LogP contribution in [0.1, 0.15) is 41.6 Å². The predicted molar refractivity (Wildman–Crippen MR) is 115 cm³/mol. The summed E-state index contributed by atoms with van der Waals surface area (Å²) in [5.74, 6) is -0.601. The summed E-state index contributed by atoms with van der Waals surface area (Å²) < 4.78 is 29.3. The summed E-state index contributed by atoms with van der Waals surface area (Å²) in [5, 5.41) is 0. The summed E-state index contributed by atoms with van der Waals surface area (Å²) in [4.78, 5) is 24.8. The molecule has 1 aromatic heterocycles. The molecule has 0 radical (unpaired) electrons. The van der Waals surface area contributed by atoms with Gasteiger partial charge in [0.25, 0.3) is 5.91 Å². The number of hydrazine groups is 1. The van der Waals surface area contributed by atoms with E-state index in [1.54, 1.807) is 47.2 Å². The van der Waals surface area contributed by atoms with Crippen molar-refractivity contribution in [2.45, 2.75) is 37.5 Å². The Morgan fingerprint density at radius 3 is 2.35 bits per heavy atom. The second kappa shape index (κ2) is 10.0. The van der Waals surface area contributed by atoms with Crippen LogP contribution in [0.5, 0.6) is 0 Å². The van der Waals surface area contributed by atoms with Crippen LogP contribution in [0.2, 0.25) is 0 Å². The molecule has 31 heavy (non-hydrogen) atoms. The van der Waals surface area contributed by atoms with Crippen LogP contribution in [-0.4, -0.2) is 26.8 Å². The normalized spacial score (nSPS) is 18.9. The zero-order valence-corrected chi connectivity index (χ0v) is 18.6. The van der Waals surface area contributed by atoms with E-state index < -0.39 is 10.0 Å². The van der Waals surface area contributed by atoms with E-state index in [2.05, 4.69) is 15.6 Å². The van der Waals surface area contributed by atoms with Crippen molar-refractivity contribution in [3.8, 4) is 0 Å². The summed E-state index contributed by atoms with van der Waals surface area (Å²) in [6.07, 6.45) is 6.28. The Hall–Kier alpha value is -2.78. The first-order valence-corrected chi connectivity index (χ1v) is 11.8. The number of carbonyl (C=O) groups is 2. The maximum Gasteiger partial charge on any atom is 0.275 e. The summed E-state index contributed by atoms with van der Waals surface area (Å²) in [5.41, 5.74) is 6.42. The van der Waals surface area contributed by atoms with E-state index in [1.165, 1.54) is 0 Å². The summed E-state index contributed by atoms with van der Waals surface area (Å²) in [6, 6.07) is 10.2. The number of nitrogens with zero attached hydrogens (tertiary/aromatic N) is 1. The third kappa shape index (κ3) is 6.35. The average molecular weight is 446 g/mol. The number of carbonyl (C=O) groups excluding carboxylic acids is 2. The average Bonchev–Trinajstić information content (AvgIpc) is 2.76. The van der Waals surface area contributed by atoms with Crippen LogP contribution in [0, 0.1) is 18.8 Å². The molecule has 166 valence electrons. The highest BCUT2D eigenvalue weighted by molar-refractivity contribution is 7.89. The Labute approximate surface area is 183 Å². The number of sulfonamides is 1. The molecule has 9 heteroatoms. The van der Waals surface area contributed by atoms with Crippen molar-refractivity contribution in [3.63, 3.8) is 0 Å². The van der Waals surface area contributed by atoms with Crippen molar-refractivity contribution in [2.75, 3.05) is 6.54 Å². The first-order chi connectivity index (χ1) is 14.7. The number of hydrogen-bond donors (Lipinski definition) is 3. The Kier molecular flexibility index (Phi) is 7.40. The fourth-order valence-electron chi connectivity index (χ4n) is 3.67. The lowest BCUT2D eigenvalue weighted by molar-refractivity contribution is -0.671. The van der Waals surface area contributed by atoms with Gasteiger partial charge in [-0.3, -0.25) is 20.4 Å². The van der Waals surface area contributed by atoms with Crippen molar-refractivity contribution in [3.05, 3.63) is 59.9 Å². The number of rotatable bonds is 6. The monoisotopic (exact) mass is 445 g/mol. The van der Waals surface area contributed by atoms with E-state index in [0.717, 1.165) is 18.4 Å². The Balaban J connectivity index is 1.42. The largest absolute Gasteiger partial charge is 0.275 e. The molecule has 3 rings (SSSR count). The second-order valence-corrected chi connectivity index (χ2v) is 9.85. The highest BCUT2D eigenvalue weighted by Gasteiger charge is 2.27. The predicted octanol–water partition coefficient (Wildman–Crippen LogP) is 1.37. The molecule has 1 aliphatic rings. The first kappa shape index (κ1) is 22.9. The molecule has 0 bridgehead atoms. The molecule has 1 heterocycles. The van der Waals surface area contributed by atoms with Crippen molar-refractivity contribution in [1.29, 1.82) is 0 Å². The number of amides is 2. The van der Waals surface area contributed by atoms with Gasteiger partial charge in [0.1, 0.15) is 12.6 Å². The Bertz CT molecular complexity index is 1030. The Morgan fingerprint density at radius 2 is 1.71 bits per heavy atom. The molecule has 8 nitrogen and oxygen atoms in total. The van der Waals surface area contributed by atoms with Gasteiger partial charge in [-0.25, -0.2) is 17.7 Å². The number of benzene rings is 1. The molecule has 0 aliphatic heterocycles. The second-order valence-electron chi connectivity index (χ2n) is 8.08. The van der Waals surface area contributed by atoms with Gasteiger partial charge >= 0.3 is 0 Å². The van der Waals surface area contributed by atoms with Gasteiger partial charge in [-0.2, -0.15) is 0 Å². The van der Waals surface area contributed by atoms with Crippen LogP contribution >= 0.6 is 0 Å². The van der Waals surface area contributed by atoms with Gasteiger partial charge in [-0.05, 0) is 56.7 Å². The minimum atomic E-state index is -3.53. The number of nitrogens with one attached hydrogen (secondary N) is 3. The molecular weight excluding hydrogens is 416 g/mol. The van der Waals surface area contributed by atoms with Gasteiger partial charge in [0.05, 0.1) is 4.90 Å². The van der Waals surface area contributed by atoms with Crippen molar-refractivity contribution in [1.82, 2.24) is 15.6 Å². The van der Waals surface area contributed by atoms with Crippen LogP contribution in [0.3, 0.4) is 0 Å². The molecule has 1 aliphatic carbocycles. The van der Waals surface area contributed by atoms with E-state index in [0.29, 0.717) is 24.9 Å². The number of aryl methyl sites for hydroxylation is 2. The third-order valence-electron chi connectivity index (χ3n) is 5.61. The van der Waals surface area contributed by atoms with Gasteiger partial charge in [0.2, 0.25) is 15.9 Å². The fourth-order valence-corrected chi connectivity index (χ4v) is 4.79. The van der Waals surface area contributed by atoms with E-state index in [1.807, 2.05) is 20.2 Å². The zero-order chi connectivity index (χ0) is 22.4. The van der Waals surface area contributed by atoms with Crippen LogP contribution < -0.4 is 20.1 Å². The van der Waals surface area contributed by atoms with E-state index in [4.69, 9.17) is 0 Å². The summed E-state index contributed by atoms with van der Waals surface area (Å²) in [6.45, 7) is 2.26. The molecule has 1 saturated carbocycles. The number of aromatic nitrogens is 1. The highest BCUT2D eigenvalue weighted by atomic mass is 32.2. The minimum Gasteiger partial charge on any atom is -0.273 e. The molecule has 0 saturated heterocycles. The molecule has 2 aromatic rings. The van der Waals surface area contributed by atoms with Crippen molar-refractivity contribution < 1.29 is 22.6 Å². The smallest absolute Gasteiger partial charge is 0.273 e. The number of hydrogen-bond acceptors (Lipinski definition) is 4. The molecule has 2 amide bonds. The fraction of sp³-hybridized carbons (Fsp3) is 0.409. The van der Waals surface area contributed by atoms with Crippen molar-refractivity contribution >= 4 is 21.8 Å². The van der Waals surface area contributed by atoms with Gasteiger partial charge in [-0.1, -0.05) is 17.7 Å². The van der Waals surface area contributed by atoms with Crippen LogP contribution in [0.4, 0.5) is 0 Å². The highest BCUT2D eigenvalue weighted by Crippen LogP contribution is 2.28. The lowest BCUT2D eigenvalue weighted by Crippen LogP contribution is -2.46. The molecule has 1 aromatic carbocycles. The number of pyridine rings is 1. The van der Waals surface area contributed by atoms with E-state index in [9.17, 15) is 18.0 Å². The minimum absolute atomic E-state index is 0.184. The topological polar surface area (TPSA) is 108 Å². The first-order valence-electron chi connectivity index (χ1n) is 10.4. The molecular formula is C22H29N4O4S+. The molecule has 0 unspecified atom stereocenters. The molecule has 0 spiro atoms. The lowest BCUT2D eigenvalue weighted by atomic mass is 9.82. The summed E-state index contributed by atoms with van der Waals surface area (Å²) in [7, 11) is -1.72. The van der Waals surface area contributed by atoms with Crippen LogP contribution in [0.15, 0.2) is 53.7 Å². The summed E-state index contributed by atoms with van der Waals surface area (Å²) >= 11 is 0.